The molecule has 8 nitrogen and oxygen atoms in total. The van der Waals surface area contributed by atoms with Crippen molar-refractivity contribution in [3.05, 3.63) is 0 Å². The molecule has 8 heteroatoms. The highest BCUT2D eigenvalue weighted by molar-refractivity contribution is 5.84. The Kier molecular flexibility index (Phi) is 9.95. The Morgan fingerprint density at radius 3 is 2.67 bits per heavy atom. The molecule has 0 aromatic carbocycles. The summed E-state index contributed by atoms with van der Waals surface area (Å²) >= 11 is 0. The van der Waals surface area contributed by atoms with Crippen molar-refractivity contribution in [2.24, 2.45) is 22.5 Å². The molecule has 0 spiro atoms. The standard InChI is InChI=1S/C13H28N6O2/c1-9(2)7-10(8-18-21-3)19-12(20)11(14)5-4-6-17-13(15)16/h8-11H,4-7,14H2,1-3H3,(H,19,20)(H4,15,16,17)/t10-,11-/m0/s1. The van der Waals surface area contributed by atoms with Crippen LogP contribution in [0.2, 0.25) is 0 Å². The average molecular weight is 300 g/mol. The second-order valence-corrected chi connectivity index (χ2v) is 5.27. The van der Waals surface area contributed by atoms with Gasteiger partial charge in [0.25, 0.3) is 0 Å². The number of guanidine groups is 1. The first-order valence-electron chi connectivity index (χ1n) is 7.07. The van der Waals surface area contributed by atoms with Crippen LogP contribution in [-0.4, -0.2) is 43.8 Å². The van der Waals surface area contributed by atoms with E-state index >= 15 is 0 Å². The third kappa shape index (κ3) is 10.6. The minimum atomic E-state index is -0.593. The van der Waals surface area contributed by atoms with Crippen LogP contribution in [0, 0.1) is 11.3 Å². The fraction of sp³-hybridized carbons (Fsp3) is 0.769. The Labute approximate surface area is 126 Å². The molecule has 0 aromatic heterocycles. The first-order valence-corrected chi connectivity index (χ1v) is 7.07. The lowest BCUT2D eigenvalue weighted by atomic mass is 10.0. The Hall–Kier alpha value is -1.83. The van der Waals surface area contributed by atoms with Gasteiger partial charge in [0, 0.05) is 6.54 Å². The van der Waals surface area contributed by atoms with Crippen LogP contribution in [0.5, 0.6) is 0 Å². The van der Waals surface area contributed by atoms with Gasteiger partial charge < -0.3 is 26.9 Å². The van der Waals surface area contributed by atoms with Crippen LogP contribution >= 0.6 is 0 Å². The molecule has 0 saturated carbocycles. The molecule has 21 heavy (non-hydrogen) atoms. The molecular formula is C13H28N6O2. The molecule has 2 atom stereocenters. The summed E-state index contributed by atoms with van der Waals surface area (Å²) < 4.78 is 0. The second kappa shape index (κ2) is 10.9. The van der Waals surface area contributed by atoms with Gasteiger partial charge in [-0.2, -0.15) is 0 Å². The number of nitrogens with two attached hydrogens (primary N) is 2. The van der Waals surface area contributed by atoms with Gasteiger partial charge in [-0.1, -0.05) is 19.0 Å². The minimum Gasteiger partial charge on any atom is -0.399 e. The zero-order valence-corrected chi connectivity index (χ0v) is 13.1. The highest BCUT2D eigenvalue weighted by Crippen LogP contribution is 2.04. The van der Waals surface area contributed by atoms with Gasteiger partial charge in [0.15, 0.2) is 5.96 Å². The van der Waals surface area contributed by atoms with Gasteiger partial charge in [-0.15, -0.1) is 0 Å². The number of hydrogen-bond acceptors (Lipinski definition) is 5. The first-order chi connectivity index (χ1) is 9.86. The molecule has 7 N–H and O–H groups in total. The summed E-state index contributed by atoms with van der Waals surface area (Å²) in [6.45, 7) is 4.65. The molecule has 0 fully saturated rings. The van der Waals surface area contributed by atoms with Gasteiger partial charge >= 0.3 is 0 Å². The van der Waals surface area contributed by atoms with E-state index in [1.807, 2.05) is 0 Å². The van der Waals surface area contributed by atoms with Gasteiger partial charge in [-0.3, -0.25) is 10.2 Å². The van der Waals surface area contributed by atoms with Gasteiger partial charge in [-0.05, 0) is 25.2 Å². The monoisotopic (exact) mass is 300 g/mol. The maximum atomic E-state index is 12.0. The molecule has 0 unspecified atom stereocenters. The van der Waals surface area contributed by atoms with E-state index in [2.05, 4.69) is 34.5 Å². The summed E-state index contributed by atoms with van der Waals surface area (Å²) in [5.74, 6) is 0.112. The highest BCUT2D eigenvalue weighted by atomic mass is 16.6. The predicted molar refractivity (Wildman–Crippen MR) is 84.0 cm³/mol. The third-order valence-corrected chi connectivity index (χ3v) is 2.74. The molecule has 0 radical (unpaired) electrons. The van der Waals surface area contributed by atoms with E-state index in [1.54, 1.807) is 6.21 Å². The molecule has 1 amide bonds. The number of nitrogens with one attached hydrogen (secondary N) is 3. The van der Waals surface area contributed by atoms with Crippen LogP contribution in [0.15, 0.2) is 5.16 Å². The Morgan fingerprint density at radius 2 is 2.14 bits per heavy atom. The summed E-state index contributed by atoms with van der Waals surface area (Å²) in [5.41, 5.74) is 11.0. The highest BCUT2D eigenvalue weighted by Gasteiger charge is 2.17. The zero-order valence-electron chi connectivity index (χ0n) is 13.1. The van der Waals surface area contributed by atoms with Crippen molar-refractivity contribution in [1.29, 1.82) is 5.41 Å². The molecule has 0 aliphatic carbocycles. The van der Waals surface area contributed by atoms with Crippen LogP contribution in [0.3, 0.4) is 0 Å². The van der Waals surface area contributed by atoms with E-state index in [9.17, 15) is 4.79 Å². The van der Waals surface area contributed by atoms with E-state index in [-0.39, 0.29) is 17.9 Å². The summed E-state index contributed by atoms with van der Waals surface area (Å²) in [6, 6.07) is -0.789. The van der Waals surface area contributed by atoms with E-state index in [0.717, 1.165) is 6.42 Å². The van der Waals surface area contributed by atoms with Crippen LogP contribution in [0.1, 0.15) is 33.1 Å². The van der Waals surface area contributed by atoms with Crippen molar-refractivity contribution in [3.8, 4) is 0 Å². The largest absolute Gasteiger partial charge is 0.399 e. The first kappa shape index (κ1) is 19.2. The van der Waals surface area contributed by atoms with Crippen molar-refractivity contribution >= 4 is 18.1 Å². The number of hydrogen-bond donors (Lipinski definition) is 5. The van der Waals surface area contributed by atoms with E-state index in [4.69, 9.17) is 16.9 Å². The van der Waals surface area contributed by atoms with Crippen LogP contribution in [-0.2, 0) is 9.63 Å². The zero-order chi connectivity index (χ0) is 16.3. The second-order valence-electron chi connectivity index (χ2n) is 5.27. The topological polar surface area (TPSA) is 139 Å². The number of carbonyl (C=O) groups excluding carboxylic acids is 1. The summed E-state index contributed by atoms with van der Waals surface area (Å²) in [6.07, 6.45) is 3.51. The minimum absolute atomic E-state index is 0.0826. The summed E-state index contributed by atoms with van der Waals surface area (Å²) in [7, 11) is 1.46. The molecule has 0 aromatic rings. The predicted octanol–water partition coefficient (Wildman–Crippen LogP) is -0.260. The Balaban J connectivity index is 4.20. The maximum Gasteiger partial charge on any atom is 0.237 e. The van der Waals surface area contributed by atoms with Crippen LogP contribution in [0.25, 0.3) is 0 Å². The lowest BCUT2D eigenvalue weighted by molar-refractivity contribution is -0.122. The molecule has 0 aliphatic heterocycles. The number of carbonyl (C=O) groups is 1. The molecule has 0 rings (SSSR count). The van der Waals surface area contributed by atoms with Gasteiger partial charge in [0.1, 0.15) is 7.11 Å². The molecule has 0 heterocycles. The molecule has 122 valence electrons. The quantitative estimate of drug-likeness (QED) is 0.164. The Morgan fingerprint density at radius 1 is 1.48 bits per heavy atom. The smallest absolute Gasteiger partial charge is 0.237 e. The van der Waals surface area contributed by atoms with Gasteiger partial charge in [0.2, 0.25) is 5.91 Å². The number of rotatable bonds is 10. The fourth-order valence-corrected chi connectivity index (χ4v) is 1.77. The van der Waals surface area contributed by atoms with Crippen molar-refractivity contribution in [1.82, 2.24) is 10.6 Å². The fourth-order valence-electron chi connectivity index (χ4n) is 1.77. The number of nitrogens with zero attached hydrogens (tertiary/aromatic N) is 1. The van der Waals surface area contributed by atoms with E-state index in [0.29, 0.717) is 25.3 Å². The normalized spacial score (nSPS) is 14.0. The number of oxime groups is 1. The van der Waals surface area contributed by atoms with Crippen molar-refractivity contribution in [2.75, 3.05) is 13.7 Å². The molecule has 0 saturated heterocycles. The van der Waals surface area contributed by atoms with Crippen LogP contribution in [0.4, 0.5) is 0 Å². The molecule has 0 bridgehead atoms. The molecular weight excluding hydrogens is 272 g/mol. The van der Waals surface area contributed by atoms with E-state index in [1.165, 1.54) is 7.11 Å². The van der Waals surface area contributed by atoms with Crippen molar-refractivity contribution in [2.45, 2.75) is 45.2 Å². The van der Waals surface area contributed by atoms with Crippen molar-refractivity contribution < 1.29 is 9.63 Å². The summed E-state index contributed by atoms with van der Waals surface area (Å²) in [4.78, 5) is 16.6. The molecule has 0 aliphatic rings. The summed E-state index contributed by atoms with van der Waals surface area (Å²) in [5, 5.41) is 16.2. The average Bonchev–Trinajstić information content (AvgIpc) is 2.39. The SMILES string of the molecule is CON=C[C@H](CC(C)C)NC(=O)[C@@H](N)CCCNC(=N)N. The Bertz CT molecular complexity index is 346. The maximum absolute atomic E-state index is 12.0. The van der Waals surface area contributed by atoms with Crippen LogP contribution < -0.4 is 22.1 Å². The van der Waals surface area contributed by atoms with Crippen molar-refractivity contribution in [3.63, 3.8) is 0 Å². The van der Waals surface area contributed by atoms with Gasteiger partial charge in [-0.25, -0.2) is 0 Å². The lowest BCUT2D eigenvalue weighted by Crippen LogP contribution is -2.46. The van der Waals surface area contributed by atoms with Gasteiger partial charge in [0.05, 0.1) is 18.3 Å². The van der Waals surface area contributed by atoms with E-state index < -0.39 is 6.04 Å². The lowest BCUT2D eigenvalue weighted by Gasteiger charge is -2.19. The third-order valence-electron chi connectivity index (χ3n) is 2.74. The number of amides is 1.